The van der Waals surface area contributed by atoms with E-state index in [2.05, 4.69) is 5.32 Å². The monoisotopic (exact) mass is 201 g/mol. The van der Waals surface area contributed by atoms with Crippen LogP contribution in [0.5, 0.6) is 0 Å². The molecular formula is C11H11N3O. The third-order valence-corrected chi connectivity index (χ3v) is 1.86. The molecule has 0 saturated carbocycles. The van der Waals surface area contributed by atoms with Crippen molar-refractivity contribution in [1.29, 1.82) is 10.5 Å². The summed E-state index contributed by atoms with van der Waals surface area (Å²) in [4.78, 5) is 0. The number of benzene rings is 1. The maximum Gasteiger partial charge on any atom is 0.0992 e. The van der Waals surface area contributed by atoms with Crippen molar-refractivity contribution in [3.8, 4) is 12.1 Å². The second kappa shape index (κ2) is 5.64. The van der Waals surface area contributed by atoms with Gasteiger partial charge >= 0.3 is 0 Å². The van der Waals surface area contributed by atoms with Crippen LogP contribution in [0.4, 0.5) is 5.69 Å². The molecule has 0 aromatic heterocycles. The van der Waals surface area contributed by atoms with E-state index in [-0.39, 0.29) is 6.42 Å². The van der Waals surface area contributed by atoms with E-state index in [0.717, 1.165) is 5.69 Å². The Morgan fingerprint density at radius 1 is 1.40 bits per heavy atom. The van der Waals surface area contributed by atoms with Crippen LogP contribution in [-0.2, 0) is 0 Å². The molecule has 4 nitrogen and oxygen atoms in total. The first-order valence-electron chi connectivity index (χ1n) is 4.55. The van der Waals surface area contributed by atoms with E-state index >= 15 is 0 Å². The number of anilines is 1. The fourth-order valence-corrected chi connectivity index (χ4v) is 1.11. The van der Waals surface area contributed by atoms with Crippen molar-refractivity contribution in [2.75, 3.05) is 11.9 Å². The zero-order valence-corrected chi connectivity index (χ0v) is 8.14. The summed E-state index contributed by atoms with van der Waals surface area (Å²) in [5, 5.41) is 29.2. The smallest absolute Gasteiger partial charge is 0.0992 e. The molecule has 0 saturated heterocycles. The molecule has 0 aliphatic rings. The Bertz CT molecular complexity index is 403. The molecule has 0 aliphatic heterocycles. The predicted octanol–water partition coefficient (Wildman–Crippen LogP) is 1.24. The molecule has 15 heavy (non-hydrogen) atoms. The largest absolute Gasteiger partial charge is 0.390 e. The van der Waals surface area contributed by atoms with Crippen LogP contribution in [0.2, 0.25) is 0 Å². The zero-order valence-electron chi connectivity index (χ0n) is 8.14. The quantitative estimate of drug-likeness (QED) is 0.768. The van der Waals surface area contributed by atoms with Crippen molar-refractivity contribution < 1.29 is 5.11 Å². The highest BCUT2D eigenvalue weighted by Crippen LogP contribution is 2.09. The molecule has 0 fully saturated rings. The minimum Gasteiger partial charge on any atom is -0.390 e. The molecule has 4 heteroatoms. The standard InChI is InChI=1S/C11H11N3O/c12-5-4-11(15)8-14-10-3-1-2-9(6-10)7-13/h1-3,6,11,14-15H,4,8H2. The number of nitriles is 2. The van der Waals surface area contributed by atoms with Crippen LogP contribution < -0.4 is 5.32 Å². The Morgan fingerprint density at radius 2 is 2.20 bits per heavy atom. The van der Waals surface area contributed by atoms with Crippen LogP contribution >= 0.6 is 0 Å². The average molecular weight is 201 g/mol. The Hall–Kier alpha value is -2.04. The molecule has 1 aromatic rings. The van der Waals surface area contributed by atoms with Gasteiger partial charge in [0.15, 0.2) is 0 Å². The predicted molar refractivity (Wildman–Crippen MR) is 55.9 cm³/mol. The van der Waals surface area contributed by atoms with Gasteiger partial charge in [-0.3, -0.25) is 0 Å². The lowest BCUT2D eigenvalue weighted by molar-refractivity contribution is 0.193. The van der Waals surface area contributed by atoms with E-state index in [9.17, 15) is 5.11 Å². The highest BCUT2D eigenvalue weighted by molar-refractivity contribution is 5.49. The summed E-state index contributed by atoms with van der Waals surface area (Å²) in [6.07, 6.45) is -0.578. The molecule has 1 aromatic carbocycles. The van der Waals surface area contributed by atoms with Crippen LogP contribution in [0.3, 0.4) is 0 Å². The molecule has 0 aliphatic carbocycles. The van der Waals surface area contributed by atoms with E-state index in [0.29, 0.717) is 12.1 Å². The molecule has 2 N–H and O–H groups in total. The second-order valence-corrected chi connectivity index (χ2v) is 3.09. The first-order valence-corrected chi connectivity index (χ1v) is 4.55. The van der Waals surface area contributed by atoms with Crippen molar-refractivity contribution in [1.82, 2.24) is 0 Å². The van der Waals surface area contributed by atoms with Crippen molar-refractivity contribution >= 4 is 5.69 Å². The molecule has 0 spiro atoms. The lowest BCUT2D eigenvalue weighted by atomic mass is 10.2. The van der Waals surface area contributed by atoms with Gasteiger partial charge in [-0.15, -0.1) is 0 Å². The van der Waals surface area contributed by atoms with Gasteiger partial charge in [-0.25, -0.2) is 0 Å². The lowest BCUT2D eigenvalue weighted by Gasteiger charge is -2.09. The fourth-order valence-electron chi connectivity index (χ4n) is 1.11. The Labute approximate surface area is 88.4 Å². The minimum atomic E-state index is -0.680. The van der Waals surface area contributed by atoms with Gasteiger partial charge in [-0.05, 0) is 18.2 Å². The van der Waals surface area contributed by atoms with Crippen LogP contribution in [0, 0.1) is 22.7 Å². The van der Waals surface area contributed by atoms with Crippen LogP contribution in [-0.4, -0.2) is 17.8 Å². The van der Waals surface area contributed by atoms with Gasteiger partial charge in [0, 0.05) is 12.2 Å². The van der Waals surface area contributed by atoms with E-state index in [1.165, 1.54) is 0 Å². The van der Waals surface area contributed by atoms with Crippen molar-refractivity contribution in [2.24, 2.45) is 0 Å². The lowest BCUT2D eigenvalue weighted by Crippen LogP contribution is -2.18. The summed E-state index contributed by atoms with van der Waals surface area (Å²) in [6, 6.07) is 10.9. The number of rotatable bonds is 4. The number of aliphatic hydroxyl groups is 1. The number of nitrogens with one attached hydrogen (secondary N) is 1. The summed E-state index contributed by atoms with van der Waals surface area (Å²) < 4.78 is 0. The van der Waals surface area contributed by atoms with Gasteiger partial charge < -0.3 is 10.4 Å². The Kier molecular flexibility index (Phi) is 4.15. The number of hydrogen-bond acceptors (Lipinski definition) is 4. The number of hydrogen-bond donors (Lipinski definition) is 2. The van der Waals surface area contributed by atoms with Crippen LogP contribution in [0.1, 0.15) is 12.0 Å². The average Bonchev–Trinajstić information content (AvgIpc) is 2.27. The molecule has 0 bridgehead atoms. The number of aliphatic hydroxyl groups excluding tert-OH is 1. The van der Waals surface area contributed by atoms with Gasteiger partial charge in [0.1, 0.15) is 0 Å². The van der Waals surface area contributed by atoms with E-state index in [1.807, 2.05) is 12.1 Å². The first-order chi connectivity index (χ1) is 7.26. The van der Waals surface area contributed by atoms with E-state index in [1.54, 1.807) is 24.3 Å². The highest BCUT2D eigenvalue weighted by Gasteiger charge is 2.02. The maximum atomic E-state index is 9.29. The molecule has 0 amide bonds. The Morgan fingerprint density at radius 3 is 2.87 bits per heavy atom. The second-order valence-electron chi connectivity index (χ2n) is 3.09. The maximum absolute atomic E-state index is 9.29. The molecular weight excluding hydrogens is 190 g/mol. The van der Waals surface area contributed by atoms with E-state index in [4.69, 9.17) is 10.5 Å². The van der Waals surface area contributed by atoms with Gasteiger partial charge in [-0.1, -0.05) is 6.07 Å². The highest BCUT2D eigenvalue weighted by atomic mass is 16.3. The summed E-state index contributed by atoms with van der Waals surface area (Å²) in [7, 11) is 0. The summed E-state index contributed by atoms with van der Waals surface area (Å²) in [6.45, 7) is 0.308. The minimum absolute atomic E-state index is 0.102. The molecule has 1 unspecified atom stereocenters. The molecule has 0 radical (unpaired) electrons. The Balaban J connectivity index is 2.52. The summed E-state index contributed by atoms with van der Waals surface area (Å²) >= 11 is 0. The summed E-state index contributed by atoms with van der Waals surface area (Å²) in [5.74, 6) is 0. The summed E-state index contributed by atoms with van der Waals surface area (Å²) in [5.41, 5.74) is 1.33. The number of nitrogens with zero attached hydrogens (tertiary/aromatic N) is 2. The van der Waals surface area contributed by atoms with E-state index < -0.39 is 6.10 Å². The third-order valence-electron chi connectivity index (χ3n) is 1.86. The molecule has 1 atom stereocenters. The van der Waals surface area contributed by atoms with Crippen LogP contribution in [0.25, 0.3) is 0 Å². The van der Waals surface area contributed by atoms with Gasteiger partial charge in [0.25, 0.3) is 0 Å². The fraction of sp³-hybridized carbons (Fsp3) is 0.273. The van der Waals surface area contributed by atoms with Gasteiger partial charge in [0.05, 0.1) is 30.2 Å². The molecule has 76 valence electrons. The van der Waals surface area contributed by atoms with Crippen molar-refractivity contribution in [2.45, 2.75) is 12.5 Å². The van der Waals surface area contributed by atoms with Crippen LogP contribution in [0.15, 0.2) is 24.3 Å². The van der Waals surface area contributed by atoms with Gasteiger partial charge in [0.2, 0.25) is 0 Å². The zero-order chi connectivity index (χ0) is 11.1. The van der Waals surface area contributed by atoms with Gasteiger partial charge in [-0.2, -0.15) is 10.5 Å². The van der Waals surface area contributed by atoms with Crippen molar-refractivity contribution in [3.63, 3.8) is 0 Å². The molecule has 0 heterocycles. The normalized spacial score (nSPS) is 11.1. The molecule has 1 rings (SSSR count). The SMILES string of the molecule is N#CCC(O)CNc1cccc(C#N)c1. The first kappa shape index (κ1) is 11.0. The third kappa shape index (κ3) is 3.68. The van der Waals surface area contributed by atoms with Crippen molar-refractivity contribution in [3.05, 3.63) is 29.8 Å². The topological polar surface area (TPSA) is 79.8 Å².